The first kappa shape index (κ1) is 9.54. The van der Waals surface area contributed by atoms with Gasteiger partial charge in [-0.1, -0.05) is 6.08 Å². The van der Waals surface area contributed by atoms with E-state index >= 15 is 0 Å². The number of hydrogen-bond donors (Lipinski definition) is 2. The summed E-state index contributed by atoms with van der Waals surface area (Å²) < 4.78 is 36.3. The van der Waals surface area contributed by atoms with E-state index in [-0.39, 0.29) is 12.5 Å². The Kier molecular flexibility index (Phi) is 2.74. The van der Waals surface area contributed by atoms with Gasteiger partial charge < -0.3 is 0 Å². The van der Waals surface area contributed by atoms with Crippen molar-refractivity contribution in [3.05, 3.63) is 11.6 Å². The van der Waals surface area contributed by atoms with Crippen LogP contribution in [0.3, 0.4) is 0 Å². The Labute approximate surface area is 68.6 Å². The van der Waals surface area contributed by atoms with Gasteiger partial charge in [0.15, 0.2) is 0 Å². The molecule has 0 bridgehead atoms. The first-order chi connectivity index (χ1) is 5.54. The molecule has 0 spiro atoms. The second-order valence-corrected chi connectivity index (χ2v) is 2.87. The van der Waals surface area contributed by atoms with E-state index in [2.05, 4.69) is 5.43 Å². The monoisotopic (exact) mass is 180 g/mol. The van der Waals surface area contributed by atoms with Crippen molar-refractivity contribution in [2.45, 2.75) is 31.5 Å². The highest BCUT2D eigenvalue weighted by atomic mass is 19.4. The number of alkyl halides is 3. The zero-order valence-corrected chi connectivity index (χ0v) is 6.49. The molecule has 0 aromatic heterocycles. The van der Waals surface area contributed by atoms with Crippen molar-refractivity contribution < 1.29 is 13.2 Å². The molecule has 1 aliphatic carbocycles. The van der Waals surface area contributed by atoms with E-state index in [0.29, 0.717) is 12.8 Å². The molecule has 1 unspecified atom stereocenters. The third-order valence-corrected chi connectivity index (χ3v) is 1.97. The van der Waals surface area contributed by atoms with Crippen LogP contribution in [0.5, 0.6) is 0 Å². The van der Waals surface area contributed by atoms with Crippen molar-refractivity contribution in [2.75, 3.05) is 0 Å². The first-order valence-corrected chi connectivity index (χ1v) is 3.76. The van der Waals surface area contributed by atoms with Crippen LogP contribution in [0, 0.1) is 0 Å². The fraction of sp³-hybridized carbons (Fsp3) is 0.714. The molecule has 1 rings (SSSR count). The second-order valence-electron chi connectivity index (χ2n) is 2.87. The third kappa shape index (κ3) is 2.22. The van der Waals surface area contributed by atoms with E-state index in [1.54, 1.807) is 0 Å². The highest BCUT2D eigenvalue weighted by Crippen LogP contribution is 2.32. The number of halogens is 3. The SMILES string of the molecule is NNC1CCC=C(C(F)(F)F)C1. The van der Waals surface area contributed by atoms with E-state index in [0.717, 1.165) is 0 Å². The summed E-state index contributed by atoms with van der Waals surface area (Å²) in [6.07, 6.45) is -1.83. The molecular formula is C7H11F3N2. The van der Waals surface area contributed by atoms with Crippen LogP contribution in [-0.2, 0) is 0 Å². The lowest BCUT2D eigenvalue weighted by molar-refractivity contribution is -0.0958. The van der Waals surface area contributed by atoms with Gasteiger partial charge in [0, 0.05) is 11.6 Å². The summed E-state index contributed by atoms with van der Waals surface area (Å²) >= 11 is 0. The van der Waals surface area contributed by atoms with Crippen LogP contribution in [0.1, 0.15) is 19.3 Å². The Hall–Kier alpha value is -0.550. The van der Waals surface area contributed by atoms with Crippen molar-refractivity contribution in [1.29, 1.82) is 0 Å². The predicted molar refractivity (Wildman–Crippen MR) is 39.1 cm³/mol. The van der Waals surface area contributed by atoms with Gasteiger partial charge >= 0.3 is 6.18 Å². The fourth-order valence-corrected chi connectivity index (χ4v) is 1.28. The van der Waals surface area contributed by atoms with Crippen LogP contribution in [0.25, 0.3) is 0 Å². The van der Waals surface area contributed by atoms with Gasteiger partial charge in [0.2, 0.25) is 0 Å². The van der Waals surface area contributed by atoms with Crippen LogP contribution < -0.4 is 11.3 Å². The molecule has 1 aliphatic rings. The van der Waals surface area contributed by atoms with Crippen LogP contribution in [0.4, 0.5) is 13.2 Å². The van der Waals surface area contributed by atoms with Crippen LogP contribution >= 0.6 is 0 Å². The lowest BCUT2D eigenvalue weighted by atomic mass is 9.95. The molecule has 2 nitrogen and oxygen atoms in total. The largest absolute Gasteiger partial charge is 0.412 e. The quantitative estimate of drug-likeness (QED) is 0.364. The van der Waals surface area contributed by atoms with Crippen LogP contribution in [0.15, 0.2) is 11.6 Å². The van der Waals surface area contributed by atoms with E-state index in [9.17, 15) is 13.2 Å². The molecule has 0 aromatic carbocycles. The van der Waals surface area contributed by atoms with Crippen molar-refractivity contribution in [1.82, 2.24) is 5.43 Å². The topological polar surface area (TPSA) is 38.0 Å². The molecule has 12 heavy (non-hydrogen) atoms. The number of hydrogen-bond acceptors (Lipinski definition) is 2. The maximum atomic E-state index is 12.1. The summed E-state index contributed by atoms with van der Waals surface area (Å²) in [7, 11) is 0. The van der Waals surface area contributed by atoms with Crippen molar-refractivity contribution in [3.63, 3.8) is 0 Å². The minimum atomic E-state index is -4.18. The molecular weight excluding hydrogens is 169 g/mol. The van der Waals surface area contributed by atoms with Gasteiger partial charge in [0.1, 0.15) is 0 Å². The Bertz CT molecular complexity index is 186. The smallest absolute Gasteiger partial charge is 0.271 e. The Morgan fingerprint density at radius 3 is 2.67 bits per heavy atom. The fourth-order valence-electron chi connectivity index (χ4n) is 1.28. The maximum Gasteiger partial charge on any atom is 0.412 e. The van der Waals surface area contributed by atoms with Gasteiger partial charge in [-0.2, -0.15) is 13.2 Å². The van der Waals surface area contributed by atoms with Crippen molar-refractivity contribution in [3.8, 4) is 0 Å². The zero-order chi connectivity index (χ0) is 9.19. The summed E-state index contributed by atoms with van der Waals surface area (Å²) in [5.74, 6) is 5.06. The summed E-state index contributed by atoms with van der Waals surface area (Å²) in [5.41, 5.74) is 1.90. The van der Waals surface area contributed by atoms with Gasteiger partial charge in [-0.3, -0.25) is 11.3 Å². The molecule has 0 aliphatic heterocycles. The minimum Gasteiger partial charge on any atom is -0.271 e. The molecule has 0 fully saturated rings. The molecule has 5 heteroatoms. The molecule has 0 saturated heterocycles. The number of allylic oxidation sites excluding steroid dienone is 1. The van der Waals surface area contributed by atoms with Gasteiger partial charge in [-0.25, -0.2) is 0 Å². The average molecular weight is 180 g/mol. The van der Waals surface area contributed by atoms with Crippen LogP contribution in [-0.4, -0.2) is 12.2 Å². The van der Waals surface area contributed by atoms with Gasteiger partial charge in [-0.15, -0.1) is 0 Å². The Morgan fingerprint density at radius 2 is 2.17 bits per heavy atom. The van der Waals surface area contributed by atoms with E-state index in [4.69, 9.17) is 5.84 Å². The average Bonchev–Trinajstić information content (AvgIpc) is 2.03. The summed E-state index contributed by atoms with van der Waals surface area (Å²) in [6.45, 7) is 0. The number of nitrogens with two attached hydrogens (primary N) is 1. The van der Waals surface area contributed by atoms with Gasteiger partial charge in [0.25, 0.3) is 0 Å². The van der Waals surface area contributed by atoms with Crippen LogP contribution in [0.2, 0.25) is 0 Å². The summed E-state index contributed by atoms with van der Waals surface area (Å²) in [6, 6.07) is -0.230. The molecule has 0 amide bonds. The molecule has 3 N–H and O–H groups in total. The van der Waals surface area contributed by atoms with Gasteiger partial charge in [-0.05, 0) is 19.3 Å². The van der Waals surface area contributed by atoms with E-state index in [1.807, 2.05) is 0 Å². The molecule has 70 valence electrons. The molecule has 1 atom stereocenters. The predicted octanol–water partition coefficient (Wildman–Crippen LogP) is 1.49. The van der Waals surface area contributed by atoms with E-state index in [1.165, 1.54) is 6.08 Å². The lowest BCUT2D eigenvalue weighted by Crippen LogP contribution is -2.38. The summed E-state index contributed by atoms with van der Waals surface area (Å²) in [5, 5.41) is 0. The number of rotatable bonds is 1. The molecule has 0 radical (unpaired) electrons. The highest BCUT2D eigenvalue weighted by molar-refractivity contribution is 5.13. The first-order valence-electron chi connectivity index (χ1n) is 3.76. The highest BCUT2D eigenvalue weighted by Gasteiger charge is 2.35. The Morgan fingerprint density at radius 1 is 1.50 bits per heavy atom. The normalized spacial score (nSPS) is 25.3. The number of nitrogens with one attached hydrogen (secondary N) is 1. The minimum absolute atomic E-state index is 0.0139. The zero-order valence-electron chi connectivity index (χ0n) is 6.49. The lowest BCUT2D eigenvalue weighted by Gasteiger charge is -2.23. The Balaban J connectivity index is 2.61. The van der Waals surface area contributed by atoms with E-state index < -0.39 is 11.7 Å². The van der Waals surface area contributed by atoms with Gasteiger partial charge in [0.05, 0.1) is 0 Å². The number of hydrazine groups is 1. The third-order valence-electron chi connectivity index (χ3n) is 1.97. The molecule has 0 aromatic rings. The van der Waals surface area contributed by atoms with Crippen molar-refractivity contribution >= 4 is 0 Å². The second kappa shape index (κ2) is 3.45. The molecule has 0 heterocycles. The van der Waals surface area contributed by atoms with Crippen molar-refractivity contribution in [2.24, 2.45) is 5.84 Å². The maximum absolute atomic E-state index is 12.1. The molecule has 0 saturated carbocycles. The summed E-state index contributed by atoms with van der Waals surface area (Å²) in [4.78, 5) is 0. The standard InChI is InChI=1S/C7H11F3N2/c8-7(9,10)5-2-1-3-6(4-5)12-11/h2,6,12H,1,3-4,11H2.